The zero-order valence-electron chi connectivity index (χ0n) is 9.57. The molecule has 2 N–H and O–H groups in total. The maximum absolute atomic E-state index is 12.2. The Morgan fingerprint density at radius 3 is 2.65 bits per heavy atom. The van der Waals surface area contributed by atoms with Gasteiger partial charge in [0.2, 0.25) is 5.91 Å². The lowest BCUT2D eigenvalue weighted by Gasteiger charge is -2.37. The Labute approximate surface area is 98.9 Å². The number of hydrogen-bond acceptors (Lipinski definition) is 5. The van der Waals surface area contributed by atoms with E-state index in [1.54, 1.807) is 0 Å². The molecule has 3 rings (SSSR count). The second kappa shape index (κ2) is 4.06. The average molecular weight is 236 g/mol. The molecule has 2 aliphatic heterocycles. The summed E-state index contributed by atoms with van der Waals surface area (Å²) in [6.07, 6.45) is 5.49. The summed E-state index contributed by atoms with van der Waals surface area (Å²) in [5, 5.41) is 10.8. The van der Waals surface area contributed by atoms with E-state index < -0.39 is 0 Å². The molecule has 92 valence electrons. The van der Waals surface area contributed by atoms with Crippen molar-refractivity contribution in [2.24, 2.45) is 5.73 Å². The fourth-order valence-electron chi connectivity index (χ4n) is 3.10. The number of amides is 1. The fourth-order valence-corrected chi connectivity index (χ4v) is 3.10. The third-order valence-electron chi connectivity index (χ3n) is 3.75. The third-order valence-corrected chi connectivity index (χ3v) is 3.75. The highest BCUT2D eigenvalue weighted by molar-refractivity contribution is 5.77. The van der Waals surface area contributed by atoms with E-state index in [9.17, 15) is 4.79 Å². The first-order valence-corrected chi connectivity index (χ1v) is 6.01. The molecule has 2 unspecified atom stereocenters. The van der Waals surface area contributed by atoms with E-state index in [2.05, 4.69) is 15.5 Å². The summed E-state index contributed by atoms with van der Waals surface area (Å²) in [6, 6.07) is 0.907. The standard InChI is InChI=1S/C10H16N6O/c11-7-3-8-1-2-9(4-7)16(8)10(17)5-15-6-12-13-14-15/h6-9H,1-5,11H2. The van der Waals surface area contributed by atoms with E-state index in [0.717, 1.165) is 25.7 Å². The van der Waals surface area contributed by atoms with Gasteiger partial charge in [-0.3, -0.25) is 4.79 Å². The number of nitrogens with zero attached hydrogens (tertiary/aromatic N) is 5. The first-order valence-electron chi connectivity index (χ1n) is 6.01. The van der Waals surface area contributed by atoms with E-state index in [1.165, 1.54) is 11.0 Å². The predicted octanol–water partition coefficient (Wildman–Crippen LogP) is -0.846. The summed E-state index contributed by atoms with van der Waals surface area (Å²) in [6.45, 7) is 0.231. The van der Waals surface area contributed by atoms with Crippen molar-refractivity contribution in [2.45, 2.75) is 50.4 Å². The smallest absolute Gasteiger partial charge is 0.244 e. The van der Waals surface area contributed by atoms with E-state index in [0.29, 0.717) is 12.1 Å². The molecule has 17 heavy (non-hydrogen) atoms. The fraction of sp³-hybridized carbons (Fsp3) is 0.800. The molecule has 2 bridgehead atoms. The number of nitrogens with two attached hydrogens (primary N) is 1. The summed E-state index contributed by atoms with van der Waals surface area (Å²) in [7, 11) is 0. The molecule has 0 spiro atoms. The van der Waals surface area contributed by atoms with Crippen molar-refractivity contribution >= 4 is 5.91 Å². The largest absolute Gasteiger partial charge is 0.335 e. The summed E-state index contributed by atoms with van der Waals surface area (Å²) >= 11 is 0. The Hall–Kier alpha value is -1.50. The van der Waals surface area contributed by atoms with Crippen molar-refractivity contribution < 1.29 is 4.79 Å². The quantitative estimate of drug-likeness (QED) is 0.722. The normalized spacial score (nSPS) is 31.8. The second-order valence-electron chi connectivity index (χ2n) is 4.92. The van der Waals surface area contributed by atoms with Crippen molar-refractivity contribution in [2.75, 3.05) is 0 Å². The number of aromatic nitrogens is 4. The zero-order valence-corrected chi connectivity index (χ0v) is 9.57. The molecule has 7 heteroatoms. The summed E-state index contributed by atoms with van der Waals surface area (Å²) in [5.41, 5.74) is 5.98. The highest BCUT2D eigenvalue weighted by Crippen LogP contribution is 2.35. The van der Waals surface area contributed by atoms with Crippen molar-refractivity contribution in [3.63, 3.8) is 0 Å². The molecule has 1 amide bonds. The molecular formula is C10H16N6O. The van der Waals surface area contributed by atoms with E-state index >= 15 is 0 Å². The van der Waals surface area contributed by atoms with Crippen molar-refractivity contribution in [1.29, 1.82) is 0 Å². The van der Waals surface area contributed by atoms with Gasteiger partial charge in [-0.25, -0.2) is 4.68 Å². The average Bonchev–Trinajstić information content (AvgIpc) is 2.86. The molecule has 0 aromatic carbocycles. The molecule has 0 aliphatic carbocycles. The topological polar surface area (TPSA) is 89.9 Å². The van der Waals surface area contributed by atoms with Crippen LogP contribution in [0.3, 0.4) is 0 Å². The van der Waals surface area contributed by atoms with E-state index in [1.807, 2.05) is 4.90 Å². The van der Waals surface area contributed by atoms with Gasteiger partial charge in [0.25, 0.3) is 0 Å². The number of carbonyl (C=O) groups is 1. The van der Waals surface area contributed by atoms with Gasteiger partial charge in [-0.15, -0.1) is 5.10 Å². The molecular weight excluding hydrogens is 220 g/mol. The summed E-state index contributed by atoms with van der Waals surface area (Å²) < 4.78 is 1.47. The predicted molar refractivity (Wildman–Crippen MR) is 58.7 cm³/mol. The van der Waals surface area contributed by atoms with Crippen LogP contribution in [0.4, 0.5) is 0 Å². The lowest BCUT2D eigenvalue weighted by Crippen LogP contribution is -2.51. The SMILES string of the molecule is NC1CC2CCC(C1)N2C(=O)Cn1cnnn1. The van der Waals surface area contributed by atoms with Gasteiger partial charge in [-0.05, 0) is 36.1 Å². The van der Waals surface area contributed by atoms with E-state index in [4.69, 9.17) is 5.73 Å². The van der Waals surface area contributed by atoms with Gasteiger partial charge in [-0.2, -0.15) is 0 Å². The van der Waals surface area contributed by atoms with Gasteiger partial charge in [0.05, 0.1) is 0 Å². The van der Waals surface area contributed by atoms with Gasteiger partial charge < -0.3 is 10.6 Å². The Morgan fingerprint density at radius 2 is 2.06 bits per heavy atom. The van der Waals surface area contributed by atoms with Crippen LogP contribution < -0.4 is 5.73 Å². The molecule has 2 fully saturated rings. The van der Waals surface area contributed by atoms with Crippen molar-refractivity contribution in [3.8, 4) is 0 Å². The number of rotatable bonds is 2. The summed E-state index contributed by atoms with van der Waals surface area (Å²) in [5.74, 6) is 0.108. The van der Waals surface area contributed by atoms with Crippen LogP contribution in [0.25, 0.3) is 0 Å². The highest BCUT2D eigenvalue weighted by Gasteiger charge is 2.42. The molecule has 0 saturated carbocycles. The molecule has 7 nitrogen and oxygen atoms in total. The second-order valence-corrected chi connectivity index (χ2v) is 4.92. The molecule has 0 radical (unpaired) electrons. The minimum atomic E-state index is 0.108. The zero-order chi connectivity index (χ0) is 11.8. The molecule has 2 atom stereocenters. The minimum Gasteiger partial charge on any atom is -0.335 e. The highest BCUT2D eigenvalue weighted by atomic mass is 16.2. The number of carbonyl (C=O) groups excluding carboxylic acids is 1. The van der Waals surface area contributed by atoms with Crippen LogP contribution in [-0.2, 0) is 11.3 Å². The number of fused-ring (bicyclic) bond motifs is 2. The number of tetrazole rings is 1. The molecule has 1 aromatic rings. The van der Waals surface area contributed by atoms with Crippen LogP contribution in [0.2, 0.25) is 0 Å². The van der Waals surface area contributed by atoms with Crippen molar-refractivity contribution in [1.82, 2.24) is 25.1 Å². The van der Waals surface area contributed by atoms with Crippen LogP contribution in [0.1, 0.15) is 25.7 Å². The van der Waals surface area contributed by atoms with E-state index in [-0.39, 0.29) is 18.5 Å². The van der Waals surface area contributed by atoms with Gasteiger partial charge in [0, 0.05) is 18.1 Å². The van der Waals surface area contributed by atoms with Crippen LogP contribution >= 0.6 is 0 Å². The van der Waals surface area contributed by atoms with Gasteiger partial charge in [0.1, 0.15) is 12.9 Å². The summed E-state index contributed by atoms with van der Waals surface area (Å²) in [4.78, 5) is 14.2. The Kier molecular flexibility index (Phi) is 2.54. The maximum atomic E-state index is 12.2. The first-order chi connectivity index (χ1) is 8.24. The Balaban J connectivity index is 1.70. The minimum absolute atomic E-state index is 0.108. The van der Waals surface area contributed by atoms with Crippen LogP contribution in [0.5, 0.6) is 0 Å². The van der Waals surface area contributed by atoms with Gasteiger partial charge in [0.15, 0.2) is 0 Å². The first kappa shape index (κ1) is 10.6. The lowest BCUT2D eigenvalue weighted by molar-refractivity contribution is -0.136. The lowest BCUT2D eigenvalue weighted by atomic mass is 9.98. The number of piperidine rings is 1. The molecule has 3 heterocycles. The van der Waals surface area contributed by atoms with Crippen molar-refractivity contribution in [3.05, 3.63) is 6.33 Å². The van der Waals surface area contributed by atoms with Crippen LogP contribution in [-0.4, -0.2) is 49.1 Å². The Morgan fingerprint density at radius 1 is 1.35 bits per heavy atom. The molecule has 2 aliphatic rings. The monoisotopic (exact) mass is 236 g/mol. The molecule has 1 aromatic heterocycles. The van der Waals surface area contributed by atoms with Crippen LogP contribution in [0, 0.1) is 0 Å². The number of hydrogen-bond donors (Lipinski definition) is 1. The van der Waals surface area contributed by atoms with Gasteiger partial charge >= 0.3 is 0 Å². The maximum Gasteiger partial charge on any atom is 0.244 e. The van der Waals surface area contributed by atoms with Crippen LogP contribution in [0.15, 0.2) is 6.33 Å². The van der Waals surface area contributed by atoms with Gasteiger partial charge in [-0.1, -0.05) is 0 Å². The third kappa shape index (κ3) is 1.90. The Bertz CT molecular complexity index is 391. The molecule has 2 saturated heterocycles.